The second-order valence-corrected chi connectivity index (χ2v) is 2.73. The third-order valence-corrected chi connectivity index (χ3v) is 1.94. The summed E-state index contributed by atoms with van der Waals surface area (Å²) >= 11 is 0. The molecule has 0 spiro atoms. The van der Waals surface area contributed by atoms with Crippen LogP contribution in [0.3, 0.4) is 0 Å². The Morgan fingerprint density at radius 2 is 2.17 bits per heavy atom. The van der Waals surface area contributed by atoms with Gasteiger partial charge in [0.25, 0.3) is 0 Å². The fourth-order valence-corrected chi connectivity index (χ4v) is 1.37. The highest BCUT2D eigenvalue weighted by atomic mass is 16.3. The molecule has 0 saturated heterocycles. The number of aliphatic hydroxyl groups excluding tert-OH is 1. The molecule has 12 heavy (non-hydrogen) atoms. The number of rotatable bonds is 2. The van der Waals surface area contributed by atoms with Gasteiger partial charge in [-0.2, -0.15) is 0 Å². The number of fused-ring (bicyclic) bond motifs is 1. The average Bonchev–Trinajstić information content (AvgIpc) is 2.53. The standard InChI is InChI=1S/C10H10O2/c11-6-4-8-2-1-3-9-5-7-12-10(8)9/h1-3,5,7,11H,4,6H2. The van der Waals surface area contributed by atoms with Crippen LogP contribution in [0.25, 0.3) is 11.0 Å². The van der Waals surface area contributed by atoms with Crippen molar-refractivity contribution in [3.63, 3.8) is 0 Å². The molecule has 0 aliphatic rings. The normalized spacial score (nSPS) is 10.8. The van der Waals surface area contributed by atoms with Gasteiger partial charge in [-0.15, -0.1) is 0 Å². The summed E-state index contributed by atoms with van der Waals surface area (Å²) < 4.78 is 5.29. The third kappa shape index (κ3) is 1.10. The first-order valence-corrected chi connectivity index (χ1v) is 3.98. The third-order valence-electron chi connectivity index (χ3n) is 1.94. The van der Waals surface area contributed by atoms with E-state index in [4.69, 9.17) is 9.52 Å². The van der Waals surface area contributed by atoms with Crippen molar-refractivity contribution in [2.24, 2.45) is 0 Å². The van der Waals surface area contributed by atoms with Crippen molar-refractivity contribution in [1.29, 1.82) is 0 Å². The fourth-order valence-electron chi connectivity index (χ4n) is 1.37. The van der Waals surface area contributed by atoms with E-state index in [1.807, 2.05) is 24.3 Å². The molecular formula is C10H10O2. The fraction of sp³-hybridized carbons (Fsp3) is 0.200. The SMILES string of the molecule is OCCc1cccc2ccoc12. The Bertz CT molecular complexity index is 376. The van der Waals surface area contributed by atoms with Crippen LogP contribution in [-0.4, -0.2) is 11.7 Å². The van der Waals surface area contributed by atoms with E-state index < -0.39 is 0 Å². The maximum Gasteiger partial charge on any atom is 0.137 e. The molecule has 0 unspecified atom stereocenters. The van der Waals surface area contributed by atoms with Crippen molar-refractivity contribution < 1.29 is 9.52 Å². The highest BCUT2D eigenvalue weighted by molar-refractivity contribution is 5.80. The summed E-state index contributed by atoms with van der Waals surface area (Å²) in [6.45, 7) is 0.166. The van der Waals surface area contributed by atoms with Crippen LogP contribution in [0.15, 0.2) is 34.9 Å². The largest absolute Gasteiger partial charge is 0.464 e. The highest BCUT2D eigenvalue weighted by Crippen LogP contribution is 2.19. The maximum absolute atomic E-state index is 8.77. The Balaban J connectivity index is 2.57. The van der Waals surface area contributed by atoms with Crippen molar-refractivity contribution in [3.05, 3.63) is 36.1 Å². The first kappa shape index (κ1) is 7.37. The van der Waals surface area contributed by atoms with Crippen LogP contribution >= 0.6 is 0 Å². The zero-order valence-electron chi connectivity index (χ0n) is 6.66. The van der Waals surface area contributed by atoms with E-state index in [9.17, 15) is 0 Å². The molecule has 0 radical (unpaired) electrons. The van der Waals surface area contributed by atoms with Crippen LogP contribution in [0.1, 0.15) is 5.56 Å². The van der Waals surface area contributed by atoms with Gasteiger partial charge < -0.3 is 9.52 Å². The lowest BCUT2D eigenvalue weighted by molar-refractivity contribution is 0.299. The van der Waals surface area contributed by atoms with Crippen molar-refractivity contribution >= 4 is 11.0 Å². The van der Waals surface area contributed by atoms with Gasteiger partial charge in [0.15, 0.2) is 0 Å². The molecule has 1 N–H and O–H groups in total. The zero-order valence-corrected chi connectivity index (χ0v) is 6.66. The van der Waals surface area contributed by atoms with Gasteiger partial charge in [-0.1, -0.05) is 18.2 Å². The molecule has 1 aromatic heterocycles. The van der Waals surface area contributed by atoms with Gasteiger partial charge in [-0.3, -0.25) is 0 Å². The van der Waals surface area contributed by atoms with E-state index in [1.54, 1.807) is 6.26 Å². The summed E-state index contributed by atoms with van der Waals surface area (Å²) in [6.07, 6.45) is 2.33. The van der Waals surface area contributed by atoms with Crippen molar-refractivity contribution in [2.75, 3.05) is 6.61 Å². The number of hydrogen-bond acceptors (Lipinski definition) is 2. The number of aliphatic hydroxyl groups is 1. The Labute approximate surface area is 70.4 Å². The Kier molecular flexibility index (Phi) is 1.84. The lowest BCUT2D eigenvalue weighted by atomic mass is 10.1. The van der Waals surface area contributed by atoms with Gasteiger partial charge >= 0.3 is 0 Å². The average molecular weight is 162 g/mol. The second kappa shape index (κ2) is 2.99. The maximum atomic E-state index is 8.77. The minimum atomic E-state index is 0.166. The van der Waals surface area contributed by atoms with Gasteiger partial charge in [-0.25, -0.2) is 0 Å². The van der Waals surface area contributed by atoms with Crippen LogP contribution in [0.2, 0.25) is 0 Å². The van der Waals surface area contributed by atoms with E-state index in [0.29, 0.717) is 6.42 Å². The molecule has 2 aromatic rings. The molecule has 0 aliphatic heterocycles. The molecule has 2 rings (SSSR count). The topological polar surface area (TPSA) is 33.4 Å². The van der Waals surface area contributed by atoms with Crippen molar-refractivity contribution in [3.8, 4) is 0 Å². The molecule has 1 heterocycles. The zero-order chi connectivity index (χ0) is 8.39. The summed E-state index contributed by atoms with van der Waals surface area (Å²) in [5.74, 6) is 0. The summed E-state index contributed by atoms with van der Waals surface area (Å²) in [6, 6.07) is 7.88. The highest BCUT2D eigenvalue weighted by Gasteiger charge is 2.01. The summed E-state index contributed by atoms with van der Waals surface area (Å²) in [5.41, 5.74) is 1.96. The molecule has 0 aliphatic carbocycles. The minimum absolute atomic E-state index is 0.166. The van der Waals surface area contributed by atoms with Gasteiger partial charge in [0, 0.05) is 12.0 Å². The molecule has 1 aromatic carbocycles. The van der Waals surface area contributed by atoms with Crippen LogP contribution in [0.5, 0.6) is 0 Å². The molecule has 0 saturated carbocycles. The van der Waals surface area contributed by atoms with Gasteiger partial charge in [0.2, 0.25) is 0 Å². The molecule has 0 fully saturated rings. The first-order chi connectivity index (χ1) is 5.92. The van der Waals surface area contributed by atoms with E-state index in [0.717, 1.165) is 16.5 Å². The summed E-state index contributed by atoms with van der Waals surface area (Å²) in [4.78, 5) is 0. The van der Waals surface area contributed by atoms with Gasteiger partial charge in [-0.05, 0) is 18.1 Å². The van der Waals surface area contributed by atoms with Crippen LogP contribution in [-0.2, 0) is 6.42 Å². The Morgan fingerprint density at radius 1 is 1.25 bits per heavy atom. The predicted molar refractivity (Wildman–Crippen MR) is 47.0 cm³/mol. The van der Waals surface area contributed by atoms with Crippen LogP contribution < -0.4 is 0 Å². The molecule has 0 amide bonds. The minimum Gasteiger partial charge on any atom is -0.464 e. The first-order valence-electron chi connectivity index (χ1n) is 3.98. The lowest BCUT2D eigenvalue weighted by Crippen LogP contribution is -1.89. The van der Waals surface area contributed by atoms with E-state index in [2.05, 4.69) is 0 Å². The summed E-state index contributed by atoms with van der Waals surface area (Å²) in [5, 5.41) is 9.87. The number of furan rings is 1. The molecule has 2 heteroatoms. The van der Waals surface area contributed by atoms with E-state index in [1.165, 1.54) is 0 Å². The second-order valence-electron chi connectivity index (χ2n) is 2.73. The molecule has 62 valence electrons. The van der Waals surface area contributed by atoms with Crippen LogP contribution in [0, 0.1) is 0 Å². The number of hydrogen-bond donors (Lipinski definition) is 1. The van der Waals surface area contributed by atoms with E-state index in [-0.39, 0.29) is 6.61 Å². The number of benzene rings is 1. The lowest BCUT2D eigenvalue weighted by Gasteiger charge is -1.97. The van der Waals surface area contributed by atoms with Gasteiger partial charge in [0.1, 0.15) is 5.58 Å². The van der Waals surface area contributed by atoms with Crippen molar-refractivity contribution in [2.45, 2.75) is 6.42 Å². The summed E-state index contributed by atoms with van der Waals surface area (Å²) in [7, 11) is 0. The quantitative estimate of drug-likeness (QED) is 0.732. The molecule has 2 nitrogen and oxygen atoms in total. The predicted octanol–water partition coefficient (Wildman–Crippen LogP) is 1.97. The monoisotopic (exact) mass is 162 g/mol. The van der Waals surface area contributed by atoms with Crippen molar-refractivity contribution in [1.82, 2.24) is 0 Å². The smallest absolute Gasteiger partial charge is 0.137 e. The Morgan fingerprint density at radius 3 is 3.00 bits per heavy atom. The Hall–Kier alpha value is -1.28. The van der Waals surface area contributed by atoms with E-state index >= 15 is 0 Å². The van der Waals surface area contributed by atoms with Gasteiger partial charge in [0.05, 0.1) is 6.26 Å². The molecular weight excluding hydrogens is 152 g/mol. The molecule has 0 bridgehead atoms. The number of para-hydroxylation sites is 1. The molecule has 0 atom stereocenters. The van der Waals surface area contributed by atoms with Crippen LogP contribution in [0.4, 0.5) is 0 Å².